The Labute approximate surface area is 107 Å². The van der Waals surface area contributed by atoms with Crippen molar-refractivity contribution in [3.63, 3.8) is 0 Å². The van der Waals surface area contributed by atoms with Crippen molar-refractivity contribution in [3.8, 4) is 0 Å². The number of hydrogen-bond donors (Lipinski definition) is 0. The van der Waals surface area contributed by atoms with Gasteiger partial charge in [0, 0.05) is 0 Å². The molecule has 98 valence electrons. The number of esters is 1. The molecule has 2 rings (SSSR count). The van der Waals surface area contributed by atoms with Gasteiger partial charge in [0.05, 0.1) is 45.4 Å². The van der Waals surface area contributed by atoms with Gasteiger partial charge in [0.25, 0.3) is 0 Å². The molecule has 0 unspecified atom stereocenters. The van der Waals surface area contributed by atoms with Gasteiger partial charge in [-0.2, -0.15) is 0 Å². The van der Waals surface area contributed by atoms with Crippen LogP contribution in [-0.2, 0) is 25.6 Å². The molecular formula is C14H18O4. The standard InChI is InChI=1S/C14H18O4/c1-16-13(15)7-14(10-18-11-14)9-17-8-12-5-3-2-4-6-12/h2-6H,7-11H2,1H3. The smallest absolute Gasteiger partial charge is 0.306 e. The fraction of sp³-hybridized carbons (Fsp3) is 0.500. The number of benzene rings is 1. The lowest BCUT2D eigenvalue weighted by atomic mass is 9.83. The Morgan fingerprint density at radius 2 is 2.06 bits per heavy atom. The Morgan fingerprint density at radius 3 is 2.61 bits per heavy atom. The molecule has 0 spiro atoms. The molecular weight excluding hydrogens is 232 g/mol. The van der Waals surface area contributed by atoms with E-state index in [4.69, 9.17) is 14.2 Å². The van der Waals surface area contributed by atoms with Crippen molar-refractivity contribution in [1.82, 2.24) is 0 Å². The molecule has 0 bridgehead atoms. The molecule has 4 nitrogen and oxygen atoms in total. The van der Waals surface area contributed by atoms with Crippen LogP contribution in [0.15, 0.2) is 30.3 Å². The highest BCUT2D eigenvalue weighted by Gasteiger charge is 2.41. The number of carbonyl (C=O) groups excluding carboxylic acids is 1. The number of methoxy groups -OCH3 is 1. The van der Waals surface area contributed by atoms with Crippen molar-refractivity contribution in [1.29, 1.82) is 0 Å². The van der Waals surface area contributed by atoms with Gasteiger partial charge in [-0.15, -0.1) is 0 Å². The third-order valence-corrected chi connectivity index (χ3v) is 3.08. The zero-order valence-electron chi connectivity index (χ0n) is 10.6. The van der Waals surface area contributed by atoms with Gasteiger partial charge in [0.2, 0.25) is 0 Å². The van der Waals surface area contributed by atoms with Crippen LogP contribution >= 0.6 is 0 Å². The molecule has 0 amide bonds. The van der Waals surface area contributed by atoms with E-state index in [9.17, 15) is 4.79 Å². The summed E-state index contributed by atoms with van der Waals surface area (Å²) >= 11 is 0. The minimum absolute atomic E-state index is 0.193. The highest BCUT2D eigenvalue weighted by molar-refractivity contribution is 5.70. The summed E-state index contributed by atoms with van der Waals surface area (Å²) in [5.74, 6) is -0.207. The third-order valence-electron chi connectivity index (χ3n) is 3.08. The summed E-state index contributed by atoms with van der Waals surface area (Å²) in [7, 11) is 1.40. The van der Waals surface area contributed by atoms with Gasteiger partial charge >= 0.3 is 5.97 Å². The first-order valence-corrected chi connectivity index (χ1v) is 6.00. The lowest BCUT2D eigenvalue weighted by molar-refractivity contribution is -0.174. The first kappa shape index (κ1) is 13.1. The molecule has 1 saturated heterocycles. The van der Waals surface area contributed by atoms with E-state index >= 15 is 0 Å². The van der Waals surface area contributed by atoms with Gasteiger partial charge < -0.3 is 14.2 Å². The Hall–Kier alpha value is -1.39. The molecule has 1 heterocycles. The molecule has 0 N–H and O–H groups in total. The number of hydrogen-bond acceptors (Lipinski definition) is 4. The molecule has 0 saturated carbocycles. The first-order valence-electron chi connectivity index (χ1n) is 6.00. The van der Waals surface area contributed by atoms with Crippen LogP contribution in [0.1, 0.15) is 12.0 Å². The van der Waals surface area contributed by atoms with Crippen molar-refractivity contribution in [2.45, 2.75) is 13.0 Å². The fourth-order valence-corrected chi connectivity index (χ4v) is 1.97. The molecule has 1 aliphatic rings. The summed E-state index contributed by atoms with van der Waals surface area (Å²) in [6, 6.07) is 9.97. The molecule has 4 heteroatoms. The van der Waals surface area contributed by atoms with Gasteiger partial charge in [0.1, 0.15) is 0 Å². The maximum atomic E-state index is 11.3. The van der Waals surface area contributed by atoms with E-state index in [0.717, 1.165) is 5.56 Å². The van der Waals surface area contributed by atoms with Crippen LogP contribution in [0.5, 0.6) is 0 Å². The predicted octanol–water partition coefficient (Wildman–Crippen LogP) is 1.78. The lowest BCUT2D eigenvalue weighted by Crippen LogP contribution is -2.47. The minimum Gasteiger partial charge on any atom is -0.469 e. The molecule has 1 aromatic carbocycles. The van der Waals surface area contributed by atoms with E-state index in [0.29, 0.717) is 32.8 Å². The molecule has 18 heavy (non-hydrogen) atoms. The van der Waals surface area contributed by atoms with E-state index < -0.39 is 0 Å². The predicted molar refractivity (Wildman–Crippen MR) is 66.0 cm³/mol. The van der Waals surface area contributed by atoms with E-state index in [-0.39, 0.29) is 11.4 Å². The maximum absolute atomic E-state index is 11.3. The highest BCUT2D eigenvalue weighted by atomic mass is 16.5. The second-order valence-electron chi connectivity index (χ2n) is 4.72. The van der Waals surface area contributed by atoms with Crippen LogP contribution in [0.25, 0.3) is 0 Å². The van der Waals surface area contributed by atoms with Crippen molar-refractivity contribution in [3.05, 3.63) is 35.9 Å². The van der Waals surface area contributed by atoms with Crippen molar-refractivity contribution >= 4 is 5.97 Å². The molecule has 0 atom stereocenters. The zero-order valence-corrected chi connectivity index (χ0v) is 10.6. The Bertz CT molecular complexity index is 384. The normalized spacial score (nSPS) is 16.9. The SMILES string of the molecule is COC(=O)CC1(COCc2ccccc2)COC1. The van der Waals surface area contributed by atoms with E-state index in [2.05, 4.69) is 0 Å². The average molecular weight is 250 g/mol. The summed E-state index contributed by atoms with van der Waals surface area (Å²) in [6.07, 6.45) is 0.359. The van der Waals surface area contributed by atoms with Gasteiger partial charge in [0.15, 0.2) is 0 Å². The minimum atomic E-state index is -0.207. The van der Waals surface area contributed by atoms with Crippen LogP contribution in [-0.4, -0.2) is 32.9 Å². The largest absolute Gasteiger partial charge is 0.469 e. The number of ether oxygens (including phenoxy) is 3. The topological polar surface area (TPSA) is 44.8 Å². The first-order chi connectivity index (χ1) is 8.74. The molecule has 0 aliphatic carbocycles. The quantitative estimate of drug-likeness (QED) is 0.722. The lowest BCUT2D eigenvalue weighted by Gasteiger charge is -2.40. The van der Waals surface area contributed by atoms with Gasteiger partial charge in [-0.3, -0.25) is 4.79 Å². The monoisotopic (exact) mass is 250 g/mol. The second-order valence-corrected chi connectivity index (χ2v) is 4.72. The zero-order chi connectivity index (χ0) is 12.8. The maximum Gasteiger partial charge on any atom is 0.306 e. The fourth-order valence-electron chi connectivity index (χ4n) is 1.97. The summed E-state index contributed by atoms with van der Waals surface area (Å²) < 4.78 is 15.6. The summed E-state index contributed by atoms with van der Waals surface area (Å²) in [6.45, 7) is 2.22. The van der Waals surface area contributed by atoms with Crippen LogP contribution < -0.4 is 0 Å². The van der Waals surface area contributed by atoms with E-state index in [1.165, 1.54) is 7.11 Å². The van der Waals surface area contributed by atoms with Crippen molar-refractivity contribution in [2.24, 2.45) is 5.41 Å². The Kier molecular flexibility index (Phi) is 4.33. The van der Waals surface area contributed by atoms with E-state index in [1.807, 2.05) is 30.3 Å². The van der Waals surface area contributed by atoms with Gasteiger partial charge in [-0.1, -0.05) is 30.3 Å². The van der Waals surface area contributed by atoms with Crippen molar-refractivity contribution < 1.29 is 19.0 Å². The molecule has 1 aliphatic heterocycles. The highest BCUT2D eigenvalue weighted by Crippen LogP contribution is 2.32. The van der Waals surface area contributed by atoms with Crippen LogP contribution in [0, 0.1) is 5.41 Å². The van der Waals surface area contributed by atoms with Crippen LogP contribution in [0.3, 0.4) is 0 Å². The average Bonchev–Trinajstić information content (AvgIpc) is 2.36. The second kappa shape index (κ2) is 5.98. The van der Waals surface area contributed by atoms with E-state index in [1.54, 1.807) is 0 Å². The molecule has 0 radical (unpaired) electrons. The molecule has 1 fully saturated rings. The van der Waals surface area contributed by atoms with Crippen LogP contribution in [0.2, 0.25) is 0 Å². The number of rotatable bonds is 6. The van der Waals surface area contributed by atoms with Gasteiger partial charge in [-0.05, 0) is 5.56 Å². The summed E-state index contributed by atoms with van der Waals surface area (Å²) in [5, 5.41) is 0. The molecule has 0 aromatic heterocycles. The van der Waals surface area contributed by atoms with Gasteiger partial charge in [-0.25, -0.2) is 0 Å². The Morgan fingerprint density at radius 1 is 1.33 bits per heavy atom. The van der Waals surface area contributed by atoms with Crippen LogP contribution in [0.4, 0.5) is 0 Å². The molecule has 1 aromatic rings. The summed E-state index contributed by atoms with van der Waals surface area (Å²) in [4.78, 5) is 11.3. The Balaban J connectivity index is 1.79. The summed E-state index contributed by atoms with van der Waals surface area (Å²) in [5.41, 5.74) is 0.938. The number of carbonyl (C=O) groups is 1. The third kappa shape index (κ3) is 3.31. The van der Waals surface area contributed by atoms with Crippen molar-refractivity contribution in [2.75, 3.05) is 26.9 Å².